The fraction of sp³-hybridized carbons (Fsp3) is 0.412. The average molecular weight is 242 g/mol. The highest BCUT2D eigenvalue weighted by atomic mass is 15.3. The van der Waals surface area contributed by atoms with Crippen molar-refractivity contribution in [2.24, 2.45) is 0 Å². The van der Waals surface area contributed by atoms with Gasteiger partial charge in [-0.1, -0.05) is 30.7 Å². The van der Waals surface area contributed by atoms with Crippen LogP contribution in [0.5, 0.6) is 0 Å². The summed E-state index contributed by atoms with van der Waals surface area (Å²) in [5, 5.41) is 0. The van der Waals surface area contributed by atoms with Crippen molar-refractivity contribution in [2.45, 2.75) is 33.1 Å². The van der Waals surface area contributed by atoms with Crippen molar-refractivity contribution in [1.82, 2.24) is 4.48 Å². The standard InChI is InChI=1S/C17H24N/c1-4-14-18(3,16-8-6-5-7-9-16)17-12-10-15(2)11-13-17/h6,8-13H,4-5,7,14H2,1-3H3/q+1. The predicted molar refractivity (Wildman–Crippen MR) is 80.5 cm³/mol. The molecule has 0 aliphatic heterocycles. The molecule has 1 aliphatic rings. The lowest BCUT2D eigenvalue weighted by Gasteiger charge is -2.35. The van der Waals surface area contributed by atoms with Crippen LogP contribution in [0.1, 0.15) is 31.7 Å². The molecule has 1 atom stereocenters. The summed E-state index contributed by atoms with van der Waals surface area (Å²) < 4.78 is 0.924. The molecule has 0 saturated heterocycles. The number of likely N-dealkylation sites (N-methyl/N-ethyl adjacent to an activating group) is 1. The first-order valence-electron chi connectivity index (χ1n) is 6.97. The number of nitrogens with zero attached hydrogens (tertiary/aromatic N) is 1. The van der Waals surface area contributed by atoms with Crippen molar-refractivity contribution >= 4 is 5.69 Å². The first-order valence-corrected chi connectivity index (χ1v) is 6.97. The Balaban J connectivity index is 2.39. The summed E-state index contributed by atoms with van der Waals surface area (Å²) in [5.41, 5.74) is 4.15. The minimum atomic E-state index is 0.924. The number of rotatable bonds is 4. The normalized spacial score (nSPS) is 18.3. The zero-order chi connectivity index (χ0) is 13.0. The number of hydrogen-bond acceptors (Lipinski definition) is 0. The maximum atomic E-state index is 2.40. The molecule has 0 fully saturated rings. The van der Waals surface area contributed by atoms with E-state index >= 15 is 0 Å². The van der Waals surface area contributed by atoms with Crippen LogP contribution in [0.4, 0.5) is 5.69 Å². The molecule has 18 heavy (non-hydrogen) atoms. The first kappa shape index (κ1) is 13.1. The third-order valence-corrected chi connectivity index (χ3v) is 3.82. The summed E-state index contributed by atoms with van der Waals surface area (Å²) in [4.78, 5) is 0. The lowest BCUT2D eigenvalue weighted by Crippen LogP contribution is -2.44. The molecular formula is C17H24N+. The van der Waals surface area contributed by atoms with Gasteiger partial charge in [0, 0.05) is 0 Å². The van der Waals surface area contributed by atoms with Gasteiger partial charge in [0.1, 0.15) is 11.4 Å². The zero-order valence-electron chi connectivity index (χ0n) is 11.8. The van der Waals surface area contributed by atoms with Crippen LogP contribution >= 0.6 is 0 Å². The van der Waals surface area contributed by atoms with E-state index < -0.39 is 0 Å². The van der Waals surface area contributed by atoms with E-state index in [2.05, 4.69) is 63.4 Å². The van der Waals surface area contributed by atoms with Crippen molar-refractivity contribution in [3.05, 3.63) is 53.8 Å². The molecule has 96 valence electrons. The summed E-state index contributed by atoms with van der Waals surface area (Å²) in [6, 6.07) is 8.98. The molecule has 0 heterocycles. The highest BCUT2D eigenvalue weighted by Crippen LogP contribution is 2.30. The summed E-state index contributed by atoms with van der Waals surface area (Å²) in [6.07, 6.45) is 10.6. The number of aryl methyl sites for hydroxylation is 1. The van der Waals surface area contributed by atoms with Gasteiger partial charge in [0.15, 0.2) is 0 Å². The molecule has 0 radical (unpaired) electrons. The van der Waals surface area contributed by atoms with Gasteiger partial charge < -0.3 is 0 Å². The van der Waals surface area contributed by atoms with E-state index in [4.69, 9.17) is 0 Å². The fourth-order valence-electron chi connectivity index (χ4n) is 2.69. The second-order valence-electron chi connectivity index (χ2n) is 5.36. The minimum Gasteiger partial charge on any atom is -0.261 e. The highest BCUT2D eigenvalue weighted by Gasteiger charge is 2.28. The van der Waals surface area contributed by atoms with Crippen molar-refractivity contribution < 1.29 is 0 Å². The number of allylic oxidation sites excluding steroid dienone is 3. The summed E-state index contributed by atoms with van der Waals surface area (Å²) in [7, 11) is 2.33. The Kier molecular flexibility index (Phi) is 4.03. The monoisotopic (exact) mass is 242 g/mol. The van der Waals surface area contributed by atoms with Crippen LogP contribution in [-0.2, 0) is 0 Å². The Hall–Kier alpha value is -1.34. The van der Waals surface area contributed by atoms with E-state index in [-0.39, 0.29) is 0 Å². The molecule has 0 aromatic heterocycles. The maximum absolute atomic E-state index is 2.40. The molecule has 0 N–H and O–H groups in total. The molecule has 1 aliphatic carbocycles. The Morgan fingerprint density at radius 1 is 1.11 bits per heavy atom. The van der Waals surface area contributed by atoms with Gasteiger partial charge >= 0.3 is 0 Å². The molecule has 0 amide bonds. The molecule has 1 nitrogen and oxygen atoms in total. The van der Waals surface area contributed by atoms with Crippen LogP contribution in [-0.4, -0.2) is 13.6 Å². The lowest BCUT2D eigenvalue weighted by molar-refractivity contribution is 0.414. The van der Waals surface area contributed by atoms with Gasteiger partial charge in [-0.15, -0.1) is 0 Å². The summed E-state index contributed by atoms with van der Waals surface area (Å²) >= 11 is 0. The molecule has 1 unspecified atom stereocenters. The molecular weight excluding hydrogens is 218 g/mol. The van der Waals surface area contributed by atoms with Crippen LogP contribution < -0.4 is 4.48 Å². The summed E-state index contributed by atoms with van der Waals surface area (Å²) in [6.45, 7) is 5.56. The summed E-state index contributed by atoms with van der Waals surface area (Å²) in [5.74, 6) is 0. The van der Waals surface area contributed by atoms with E-state index in [0.29, 0.717) is 0 Å². The van der Waals surface area contributed by atoms with Gasteiger partial charge in [0.05, 0.1) is 13.6 Å². The van der Waals surface area contributed by atoms with Gasteiger partial charge in [-0.2, -0.15) is 0 Å². The van der Waals surface area contributed by atoms with Crippen LogP contribution in [0.2, 0.25) is 0 Å². The van der Waals surface area contributed by atoms with Crippen LogP contribution in [0.15, 0.2) is 48.2 Å². The smallest absolute Gasteiger partial charge is 0.137 e. The van der Waals surface area contributed by atoms with E-state index in [0.717, 1.165) is 11.0 Å². The lowest BCUT2D eigenvalue weighted by atomic mass is 10.1. The SMILES string of the molecule is CCC[N+](C)(C1=CCCC=C1)c1ccc(C)cc1. The second kappa shape index (κ2) is 5.53. The van der Waals surface area contributed by atoms with Gasteiger partial charge in [-0.3, -0.25) is 4.48 Å². The van der Waals surface area contributed by atoms with Gasteiger partial charge in [0.2, 0.25) is 0 Å². The predicted octanol–water partition coefficient (Wildman–Crippen LogP) is 4.58. The Labute approximate surface area is 111 Å². The third kappa shape index (κ3) is 2.56. The van der Waals surface area contributed by atoms with Crippen LogP contribution in [0.3, 0.4) is 0 Å². The molecule has 0 bridgehead atoms. The van der Waals surface area contributed by atoms with Crippen LogP contribution in [0.25, 0.3) is 0 Å². The maximum Gasteiger partial charge on any atom is 0.137 e. The van der Waals surface area contributed by atoms with Crippen molar-refractivity contribution in [2.75, 3.05) is 13.6 Å². The molecule has 0 saturated carbocycles. The topological polar surface area (TPSA) is 0 Å². The fourth-order valence-corrected chi connectivity index (χ4v) is 2.69. The number of hydrogen-bond donors (Lipinski definition) is 0. The Morgan fingerprint density at radius 3 is 2.39 bits per heavy atom. The Morgan fingerprint density at radius 2 is 1.83 bits per heavy atom. The molecule has 2 rings (SSSR count). The number of benzene rings is 1. The second-order valence-corrected chi connectivity index (χ2v) is 5.36. The van der Waals surface area contributed by atoms with E-state index in [1.807, 2.05) is 0 Å². The minimum absolute atomic E-state index is 0.924. The van der Waals surface area contributed by atoms with E-state index in [9.17, 15) is 0 Å². The average Bonchev–Trinajstić information content (AvgIpc) is 2.40. The third-order valence-electron chi connectivity index (χ3n) is 3.82. The molecule has 1 aromatic carbocycles. The van der Waals surface area contributed by atoms with E-state index in [1.165, 1.54) is 36.2 Å². The molecule has 1 heteroatoms. The van der Waals surface area contributed by atoms with Crippen molar-refractivity contribution in [3.63, 3.8) is 0 Å². The van der Waals surface area contributed by atoms with Gasteiger partial charge in [0.25, 0.3) is 0 Å². The van der Waals surface area contributed by atoms with Crippen molar-refractivity contribution in [1.29, 1.82) is 0 Å². The van der Waals surface area contributed by atoms with Crippen LogP contribution in [0, 0.1) is 6.92 Å². The van der Waals surface area contributed by atoms with Gasteiger partial charge in [-0.25, -0.2) is 0 Å². The number of quaternary nitrogens is 1. The largest absolute Gasteiger partial charge is 0.261 e. The zero-order valence-corrected chi connectivity index (χ0v) is 11.8. The van der Waals surface area contributed by atoms with Crippen molar-refractivity contribution in [3.8, 4) is 0 Å². The molecule has 0 spiro atoms. The Bertz CT molecular complexity index is 453. The van der Waals surface area contributed by atoms with E-state index in [1.54, 1.807) is 0 Å². The molecule has 1 aromatic rings. The quantitative estimate of drug-likeness (QED) is 0.678. The van der Waals surface area contributed by atoms with Gasteiger partial charge in [-0.05, 0) is 50.5 Å². The first-order chi connectivity index (χ1) is 8.66. The highest BCUT2D eigenvalue weighted by molar-refractivity contribution is 5.50.